The van der Waals surface area contributed by atoms with E-state index in [4.69, 9.17) is 5.73 Å². The first-order valence-electron chi connectivity index (χ1n) is 4.17. The summed E-state index contributed by atoms with van der Waals surface area (Å²) in [7, 11) is 0. The molecule has 3 nitrogen and oxygen atoms in total. The highest BCUT2D eigenvalue weighted by Crippen LogP contribution is 2.34. The minimum Gasteiger partial charge on any atom is -0.381 e. The Morgan fingerprint density at radius 3 is 2.00 bits per heavy atom. The lowest BCUT2D eigenvalue weighted by atomic mass is 10.1. The second kappa shape index (κ2) is 4.02. The normalized spacial score (nSPS) is 10.9. The molecule has 0 spiro atoms. The van der Waals surface area contributed by atoms with Gasteiger partial charge in [-0.05, 0) is 15.9 Å². The van der Waals surface area contributed by atoms with E-state index >= 15 is 0 Å². The molecular weight excluding hydrogens is 308 g/mol. The standard InChI is InChI=1S/C9H3BrF4N2O/c10-5-8(13)6(11)4(7(12)9(5)14)2-1-3(15)16-17-2/h1H,(H2,15,16). The fourth-order valence-corrected chi connectivity index (χ4v) is 1.58. The zero-order valence-electron chi connectivity index (χ0n) is 7.90. The first-order valence-corrected chi connectivity index (χ1v) is 4.96. The molecule has 0 aliphatic heterocycles. The number of rotatable bonds is 1. The summed E-state index contributed by atoms with van der Waals surface area (Å²) >= 11 is 2.39. The Morgan fingerprint density at radius 1 is 1.06 bits per heavy atom. The number of anilines is 1. The van der Waals surface area contributed by atoms with Gasteiger partial charge in [0.25, 0.3) is 0 Å². The molecule has 2 N–H and O–H groups in total. The molecule has 90 valence electrons. The number of aromatic nitrogens is 1. The Labute approximate surface area is 100 Å². The summed E-state index contributed by atoms with van der Waals surface area (Å²) in [6, 6.07) is 0.953. The Hall–Kier alpha value is -1.57. The van der Waals surface area contributed by atoms with Crippen LogP contribution in [0.3, 0.4) is 0 Å². The van der Waals surface area contributed by atoms with Gasteiger partial charge in [0.05, 0.1) is 10.0 Å². The fourth-order valence-electron chi connectivity index (χ4n) is 1.23. The van der Waals surface area contributed by atoms with Crippen LogP contribution in [0.1, 0.15) is 0 Å². The molecule has 17 heavy (non-hydrogen) atoms. The van der Waals surface area contributed by atoms with Gasteiger partial charge in [-0.25, -0.2) is 17.6 Å². The molecule has 0 fully saturated rings. The number of nitrogens with two attached hydrogens (primary N) is 1. The molecule has 2 rings (SSSR count). The predicted octanol–water partition coefficient (Wildman–Crippen LogP) is 3.24. The summed E-state index contributed by atoms with van der Waals surface area (Å²) in [5.74, 6) is -6.97. The van der Waals surface area contributed by atoms with Crippen LogP contribution in [0, 0.1) is 23.3 Å². The number of nitrogens with zero attached hydrogens (tertiary/aromatic N) is 1. The summed E-state index contributed by atoms with van der Waals surface area (Å²) in [6.07, 6.45) is 0. The van der Waals surface area contributed by atoms with Gasteiger partial charge in [-0.15, -0.1) is 0 Å². The smallest absolute Gasteiger partial charge is 0.176 e. The van der Waals surface area contributed by atoms with Gasteiger partial charge < -0.3 is 10.3 Å². The van der Waals surface area contributed by atoms with Crippen molar-refractivity contribution in [2.75, 3.05) is 5.73 Å². The third-order valence-corrected chi connectivity index (χ3v) is 2.68. The van der Waals surface area contributed by atoms with E-state index in [0.29, 0.717) is 0 Å². The van der Waals surface area contributed by atoms with Crippen LogP contribution in [0.2, 0.25) is 0 Å². The van der Waals surface area contributed by atoms with Crippen molar-refractivity contribution in [1.82, 2.24) is 5.16 Å². The monoisotopic (exact) mass is 310 g/mol. The average molecular weight is 311 g/mol. The van der Waals surface area contributed by atoms with E-state index in [1.54, 1.807) is 0 Å². The predicted molar refractivity (Wildman–Crippen MR) is 53.9 cm³/mol. The first-order chi connectivity index (χ1) is 7.93. The van der Waals surface area contributed by atoms with Crippen molar-refractivity contribution in [2.45, 2.75) is 0 Å². The van der Waals surface area contributed by atoms with E-state index in [1.807, 2.05) is 0 Å². The van der Waals surface area contributed by atoms with Gasteiger partial charge in [0.2, 0.25) is 0 Å². The van der Waals surface area contributed by atoms with E-state index in [1.165, 1.54) is 0 Å². The molecule has 0 saturated carbocycles. The maximum absolute atomic E-state index is 13.5. The molecule has 1 aromatic carbocycles. The minimum atomic E-state index is -1.59. The zero-order valence-corrected chi connectivity index (χ0v) is 9.49. The highest BCUT2D eigenvalue weighted by atomic mass is 79.9. The van der Waals surface area contributed by atoms with Gasteiger partial charge in [-0.2, -0.15) is 0 Å². The average Bonchev–Trinajstić information content (AvgIpc) is 2.71. The minimum absolute atomic E-state index is 0.164. The van der Waals surface area contributed by atoms with Gasteiger partial charge in [0, 0.05) is 6.07 Å². The molecule has 0 bridgehead atoms. The summed E-state index contributed by atoms with van der Waals surface area (Å²) in [4.78, 5) is 0. The van der Waals surface area contributed by atoms with Crippen LogP contribution in [0.25, 0.3) is 11.3 Å². The fraction of sp³-hybridized carbons (Fsp3) is 0. The Balaban J connectivity index is 2.78. The molecule has 0 amide bonds. The van der Waals surface area contributed by atoms with Crippen LogP contribution in [0.5, 0.6) is 0 Å². The second-order valence-corrected chi connectivity index (χ2v) is 3.85. The van der Waals surface area contributed by atoms with Crippen LogP contribution in [-0.2, 0) is 0 Å². The molecule has 0 aliphatic rings. The van der Waals surface area contributed by atoms with Crippen LogP contribution in [0.4, 0.5) is 23.4 Å². The van der Waals surface area contributed by atoms with E-state index in [9.17, 15) is 17.6 Å². The maximum Gasteiger partial charge on any atom is 0.176 e. The van der Waals surface area contributed by atoms with Gasteiger partial charge in [0.1, 0.15) is 0 Å². The lowest BCUT2D eigenvalue weighted by molar-refractivity contribution is 0.415. The van der Waals surface area contributed by atoms with E-state index in [2.05, 4.69) is 25.6 Å². The van der Waals surface area contributed by atoms with E-state index < -0.39 is 39.1 Å². The maximum atomic E-state index is 13.5. The molecule has 0 saturated heterocycles. The van der Waals surface area contributed by atoms with Crippen molar-refractivity contribution in [1.29, 1.82) is 0 Å². The molecule has 1 aromatic heterocycles. The summed E-state index contributed by atoms with van der Waals surface area (Å²) in [5, 5.41) is 3.17. The summed E-state index contributed by atoms with van der Waals surface area (Å²) in [5.41, 5.74) is 4.18. The van der Waals surface area contributed by atoms with Gasteiger partial charge >= 0.3 is 0 Å². The SMILES string of the molecule is Nc1cc(-c2c(F)c(F)c(Br)c(F)c2F)on1. The lowest BCUT2D eigenvalue weighted by Crippen LogP contribution is -2.00. The summed E-state index contributed by atoms with van der Waals surface area (Å²) in [6.45, 7) is 0. The highest BCUT2D eigenvalue weighted by molar-refractivity contribution is 9.10. The number of benzene rings is 1. The molecular formula is C9H3BrF4N2O. The molecule has 2 aromatic rings. The van der Waals surface area contributed by atoms with Crippen molar-refractivity contribution >= 4 is 21.7 Å². The number of hydrogen-bond acceptors (Lipinski definition) is 3. The molecule has 1 heterocycles. The quantitative estimate of drug-likeness (QED) is 0.500. The van der Waals surface area contributed by atoms with Crippen molar-refractivity contribution < 1.29 is 22.1 Å². The van der Waals surface area contributed by atoms with Crippen molar-refractivity contribution in [3.63, 3.8) is 0 Å². The second-order valence-electron chi connectivity index (χ2n) is 3.06. The third kappa shape index (κ3) is 1.78. The lowest BCUT2D eigenvalue weighted by Gasteiger charge is -2.05. The zero-order chi connectivity index (χ0) is 12.7. The van der Waals surface area contributed by atoms with Crippen LogP contribution in [0.15, 0.2) is 15.1 Å². The number of nitrogen functional groups attached to an aromatic ring is 1. The van der Waals surface area contributed by atoms with Crippen molar-refractivity contribution in [2.24, 2.45) is 0 Å². The topological polar surface area (TPSA) is 52.0 Å². The van der Waals surface area contributed by atoms with Gasteiger partial charge in [-0.1, -0.05) is 5.16 Å². The van der Waals surface area contributed by atoms with Crippen LogP contribution in [-0.4, -0.2) is 5.16 Å². The molecule has 0 radical (unpaired) electrons. The molecule has 0 atom stereocenters. The Bertz CT molecular complexity index is 570. The third-order valence-electron chi connectivity index (χ3n) is 1.98. The highest BCUT2D eigenvalue weighted by Gasteiger charge is 2.27. The van der Waals surface area contributed by atoms with Crippen LogP contribution >= 0.6 is 15.9 Å². The van der Waals surface area contributed by atoms with Gasteiger partial charge in [-0.3, -0.25) is 0 Å². The number of halogens is 5. The molecule has 0 unspecified atom stereocenters. The summed E-state index contributed by atoms with van der Waals surface area (Å²) < 4.78 is 56.9. The van der Waals surface area contributed by atoms with Crippen molar-refractivity contribution in [3.05, 3.63) is 33.8 Å². The van der Waals surface area contributed by atoms with Crippen LogP contribution < -0.4 is 5.73 Å². The Morgan fingerprint density at radius 2 is 1.59 bits per heavy atom. The first kappa shape index (κ1) is 11.9. The van der Waals surface area contributed by atoms with E-state index in [0.717, 1.165) is 6.07 Å². The van der Waals surface area contributed by atoms with Crippen molar-refractivity contribution in [3.8, 4) is 11.3 Å². The number of hydrogen-bond donors (Lipinski definition) is 1. The van der Waals surface area contributed by atoms with E-state index in [-0.39, 0.29) is 5.82 Å². The molecule has 8 heteroatoms. The Kier molecular flexibility index (Phi) is 2.82. The molecule has 0 aliphatic carbocycles. The largest absolute Gasteiger partial charge is 0.381 e. The van der Waals surface area contributed by atoms with Gasteiger partial charge in [0.15, 0.2) is 34.8 Å².